The Bertz CT molecular complexity index is 490. The summed E-state index contributed by atoms with van der Waals surface area (Å²) in [7, 11) is 0. The highest BCUT2D eigenvalue weighted by Crippen LogP contribution is 2.10. The third-order valence-electron chi connectivity index (χ3n) is 4.89. The first-order valence-corrected chi connectivity index (χ1v) is 10.0. The van der Waals surface area contributed by atoms with Crippen LogP contribution in [0.5, 0.6) is 0 Å². The van der Waals surface area contributed by atoms with E-state index in [2.05, 4.69) is 0 Å². The molecule has 0 aromatic carbocycles. The lowest BCUT2D eigenvalue weighted by atomic mass is 10.0. The Morgan fingerprint density at radius 3 is 2.32 bits per heavy atom. The fourth-order valence-corrected chi connectivity index (χ4v) is 3.19. The van der Waals surface area contributed by atoms with E-state index in [0.717, 1.165) is 0 Å². The molecule has 0 unspecified atom stereocenters. The monoisotopic (exact) mass is 403 g/mol. The molecule has 0 aromatic rings. The van der Waals surface area contributed by atoms with E-state index >= 15 is 0 Å². The zero-order valence-electron chi connectivity index (χ0n) is 17.3. The van der Waals surface area contributed by atoms with E-state index in [4.69, 9.17) is 10.5 Å². The summed E-state index contributed by atoms with van der Waals surface area (Å²) < 4.78 is 5.35. The van der Waals surface area contributed by atoms with E-state index in [1.54, 1.807) is 4.90 Å². The van der Waals surface area contributed by atoms with Gasteiger partial charge in [-0.3, -0.25) is 9.59 Å². The Kier molecular flexibility index (Phi) is 10.9. The molecule has 4 atom stereocenters. The van der Waals surface area contributed by atoms with Gasteiger partial charge in [0.1, 0.15) is 18.3 Å². The molecular weight excluding hydrogens is 366 g/mol. The van der Waals surface area contributed by atoms with Crippen molar-refractivity contribution in [3.05, 3.63) is 0 Å². The predicted molar refractivity (Wildman–Crippen MR) is 104 cm³/mol. The highest BCUT2D eigenvalue weighted by atomic mass is 16.5. The van der Waals surface area contributed by atoms with Gasteiger partial charge in [0, 0.05) is 39.7 Å². The molecule has 9 nitrogen and oxygen atoms in total. The molecule has 0 spiro atoms. The first kappa shape index (κ1) is 24.8. The smallest absolute Gasteiger partial charge is 0.239 e. The van der Waals surface area contributed by atoms with Crippen molar-refractivity contribution in [2.45, 2.75) is 64.4 Å². The predicted octanol–water partition coefficient (Wildman–Crippen LogP) is -1.07. The first-order chi connectivity index (χ1) is 13.1. The number of hydrogen-bond acceptors (Lipinski definition) is 7. The van der Waals surface area contributed by atoms with Gasteiger partial charge in [-0.1, -0.05) is 13.8 Å². The molecule has 0 bridgehead atoms. The van der Waals surface area contributed by atoms with Crippen LogP contribution >= 0.6 is 0 Å². The summed E-state index contributed by atoms with van der Waals surface area (Å²) in [5.41, 5.74) is 6.06. The minimum absolute atomic E-state index is 0.111. The van der Waals surface area contributed by atoms with Crippen LogP contribution in [-0.2, 0) is 14.3 Å². The summed E-state index contributed by atoms with van der Waals surface area (Å²) in [6.07, 6.45) is -2.04. The maximum Gasteiger partial charge on any atom is 0.239 e. The number of rotatable bonds is 3. The maximum atomic E-state index is 12.8. The second-order valence-electron chi connectivity index (χ2n) is 7.93. The van der Waals surface area contributed by atoms with Gasteiger partial charge in [0.15, 0.2) is 0 Å². The van der Waals surface area contributed by atoms with Crippen LogP contribution in [0.1, 0.15) is 40.0 Å². The van der Waals surface area contributed by atoms with Gasteiger partial charge in [-0.05, 0) is 25.2 Å². The second kappa shape index (κ2) is 12.3. The topological polar surface area (TPSA) is 137 Å². The summed E-state index contributed by atoms with van der Waals surface area (Å²) in [5, 5.41) is 30.2. The summed E-state index contributed by atoms with van der Waals surface area (Å²) in [6.45, 7) is 6.49. The molecule has 164 valence electrons. The second-order valence-corrected chi connectivity index (χ2v) is 7.93. The van der Waals surface area contributed by atoms with Crippen LogP contribution in [-0.4, -0.2) is 101 Å². The standard InChI is InChI=1S/C19H37N3O6/c1-13(2)10-15(20)19(27)21-6-4-5-9-28-12-17(25)18(26)16(24)11-22(8-7-21)14(3)23/h13,15-18,24-26H,4-12,20H2,1-3H3/t15-,16+,17-,18-/m1/s1. The molecule has 9 heteroatoms. The summed E-state index contributed by atoms with van der Waals surface area (Å²) in [6, 6.07) is -0.594. The number of nitrogens with two attached hydrogens (primary N) is 1. The average molecular weight is 404 g/mol. The number of amides is 2. The third-order valence-corrected chi connectivity index (χ3v) is 4.89. The van der Waals surface area contributed by atoms with E-state index in [1.807, 2.05) is 13.8 Å². The van der Waals surface area contributed by atoms with Crippen molar-refractivity contribution in [1.29, 1.82) is 0 Å². The van der Waals surface area contributed by atoms with Crippen LogP contribution in [0.2, 0.25) is 0 Å². The van der Waals surface area contributed by atoms with Gasteiger partial charge in [0.05, 0.1) is 12.6 Å². The van der Waals surface area contributed by atoms with Crippen molar-refractivity contribution < 1.29 is 29.6 Å². The molecule has 0 saturated carbocycles. The number of aliphatic hydroxyl groups excluding tert-OH is 3. The summed E-state index contributed by atoms with van der Waals surface area (Å²) >= 11 is 0. The van der Waals surface area contributed by atoms with E-state index < -0.39 is 24.4 Å². The van der Waals surface area contributed by atoms with Crippen molar-refractivity contribution in [2.24, 2.45) is 11.7 Å². The molecule has 0 radical (unpaired) electrons. The lowest BCUT2D eigenvalue weighted by molar-refractivity contribution is -0.138. The molecule has 1 aliphatic heterocycles. The fourth-order valence-electron chi connectivity index (χ4n) is 3.19. The minimum atomic E-state index is -1.43. The van der Waals surface area contributed by atoms with E-state index in [1.165, 1.54) is 11.8 Å². The van der Waals surface area contributed by atoms with Crippen LogP contribution in [0.25, 0.3) is 0 Å². The molecule has 1 aliphatic rings. The SMILES string of the molecule is CC(=O)N1CCN(C(=O)[C@H](N)CC(C)C)CCCCOC[C@@H](O)[C@H](O)[C@@H](O)C1. The number of carbonyl (C=O) groups is 2. The Labute approximate surface area is 167 Å². The van der Waals surface area contributed by atoms with Crippen LogP contribution in [0, 0.1) is 5.92 Å². The number of ether oxygens (including phenoxy) is 1. The zero-order valence-corrected chi connectivity index (χ0v) is 17.3. The van der Waals surface area contributed by atoms with Gasteiger partial charge in [0.2, 0.25) is 11.8 Å². The van der Waals surface area contributed by atoms with Gasteiger partial charge in [-0.15, -0.1) is 0 Å². The van der Waals surface area contributed by atoms with Gasteiger partial charge in [-0.2, -0.15) is 0 Å². The van der Waals surface area contributed by atoms with Crippen molar-refractivity contribution in [2.75, 3.05) is 39.4 Å². The van der Waals surface area contributed by atoms with Gasteiger partial charge < -0.3 is 35.6 Å². The largest absolute Gasteiger partial charge is 0.388 e. The molecule has 1 rings (SSSR count). The van der Waals surface area contributed by atoms with Gasteiger partial charge >= 0.3 is 0 Å². The molecule has 2 amide bonds. The van der Waals surface area contributed by atoms with Crippen LogP contribution in [0.3, 0.4) is 0 Å². The first-order valence-electron chi connectivity index (χ1n) is 10.0. The normalized spacial score (nSPS) is 27.4. The van der Waals surface area contributed by atoms with Crippen molar-refractivity contribution in [3.63, 3.8) is 0 Å². The number of hydrogen-bond donors (Lipinski definition) is 4. The number of nitrogens with zero attached hydrogens (tertiary/aromatic N) is 2. The Balaban J connectivity index is 2.87. The highest BCUT2D eigenvalue weighted by Gasteiger charge is 2.29. The molecule has 1 fully saturated rings. The lowest BCUT2D eigenvalue weighted by Crippen LogP contribution is -2.51. The van der Waals surface area contributed by atoms with Gasteiger partial charge in [0.25, 0.3) is 0 Å². The van der Waals surface area contributed by atoms with Crippen LogP contribution < -0.4 is 5.73 Å². The molecule has 1 heterocycles. The van der Waals surface area contributed by atoms with Crippen molar-refractivity contribution in [1.82, 2.24) is 9.80 Å². The maximum absolute atomic E-state index is 12.8. The van der Waals surface area contributed by atoms with Crippen LogP contribution in [0.15, 0.2) is 0 Å². The number of β-amino-alcohol motifs (C(OH)–C–C–N with tert-alkyl or cyclic N) is 1. The van der Waals surface area contributed by atoms with E-state index in [9.17, 15) is 24.9 Å². The Morgan fingerprint density at radius 2 is 1.71 bits per heavy atom. The Hall–Kier alpha value is -1.26. The zero-order chi connectivity index (χ0) is 21.3. The molecule has 28 heavy (non-hydrogen) atoms. The molecule has 5 N–H and O–H groups in total. The Morgan fingerprint density at radius 1 is 1.07 bits per heavy atom. The highest BCUT2D eigenvalue weighted by molar-refractivity contribution is 5.81. The molecule has 0 aliphatic carbocycles. The number of aliphatic hydroxyl groups is 3. The van der Waals surface area contributed by atoms with Crippen molar-refractivity contribution in [3.8, 4) is 0 Å². The summed E-state index contributed by atoms with van der Waals surface area (Å²) in [4.78, 5) is 27.7. The fraction of sp³-hybridized carbons (Fsp3) is 0.895. The minimum Gasteiger partial charge on any atom is -0.388 e. The van der Waals surface area contributed by atoms with E-state index in [-0.39, 0.29) is 38.1 Å². The molecule has 1 saturated heterocycles. The van der Waals surface area contributed by atoms with Gasteiger partial charge in [-0.25, -0.2) is 0 Å². The molecular formula is C19H37N3O6. The van der Waals surface area contributed by atoms with E-state index in [0.29, 0.717) is 38.3 Å². The quantitative estimate of drug-likeness (QED) is 0.471. The average Bonchev–Trinajstić information content (AvgIpc) is 2.62. The van der Waals surface area contributed by atoms with Crippen LogP contribution in [0.4, 0.5) is 0 Å². The summed E-state index contributed by atoms with van der Waals surface area (Å²) in [5.74, 6) is -0.145. The lowest BCUT2D eigenvalue weighted by Gasteiger charge is -2.32. The number of carbonyl (C=O) groups excluding carboxylic acids is 2. The molecule has 0 aromatic heterocycles. The third kappa shape index (κ3) is 8.40. The van der Waals surface area contributed by atoms with Crippen molar-refractivity contribution >= 4 is 11.8 Å².